The second-order valence-corrected chi connectivity index (χ2v) is 23.1. The Morgan fingerprint density at radius 3 is 1.38 bits per heavy atom. The fraction of sp³-hybridized carbons (Fsp3) is 0.111. The summed E-state index contributed by atoms with van der Waals surface area (Å²) in [7, 11) is -0.298. The molecular weight excluding hydrogens is 970 g/mol. The summed E-state index contributed by atoms with van der Waals surface area (Å²) in [4.78, 5) is 0. The van der Waals surface area contributed by atoms with Crippen molar-refractivity contribution in [2.24, 2.45) is 0 Å². The molecular formula is C54H38BBrCl2O2S4. The Morgan fingerprint density at radius 1 is 0.406 bits per heavy atom. The largest absolute Gasteiger partial charge is 0.494 e. The van der Waals surface area contributed by atoms with Crippen molar-refractivity contribution < 1.29 is 9.31 Å². The van der Waals surface area contributed by atoms with Gasteiger partial charge in [-0.05, 0) is 135 Å². The lowest BCUT2D eigenvalue weighted by atomic mass is 9.78. The first kappa shape index (κ1) is 42.3. The molecule has 1 aliphatic heterocycles. The van der Waals surface area contributed by atoms with Crippen molar-refractivity contribution >= 4 is 178 Å². The quantitative estimate of drug-likeness (QED) is 0.161. The zero-order valence-corrected chi connectivity index (χ0v) is 41.5. The summed E-state index contributed by atoms with van der Waals surface area (Å²) in [6.07, 6.45) is 0. The molecule has 0 unspecified atom stereocenters. The number of thiophene rings is 4. The first-order valence-corrected chi connectivity index (χ1v) is 25.8. The second kappa shape index (κ2) is 16.5. The monoisotopic (exact) mass is 1010 g/mol. The molecule has 64 heavy (non-hydrogen) atoms. The summed E-state index contributed by atoms with van der Waals surface area (Å²) < 4.78 is 23.8. The van der Waals surface area contributed by atoms with Gasteiger partial charge in [0.15, 0.2) is 0 Å². The summed E-state index contributed by atoms with van der Waals surface area (Å²) in [5.74, 6) is 0. The number of rotatable bonds is 2. The number of fused-ring (bicyclic) bond motifs is 12. The number of halogens is 3. The molecule has 0 N–H and O–H groups in total. The van der Waals surface area contributed by atoms with Gasteiger partial charge in [0.2, 0.25) is 0 Å². The third kappa shape index (κ3) is 7.55. The van der Waals surface area contributed by atoms with Gasteiger partial charge >= 0.3 is 7.12 Å². The van der Waals surface area contributed by atoms with Crippen LogP contribution < -0.4 is 5.46 Å². The van der Waals surface area contributed by atoms with Gasteiger partial charge < -0.3 is 9.31 Å². The van der Waals surface area contributed by atoms with Gasteiger partial charge in [0.05, 0.1) is 11.2 Å². The Bertz CT molecular complexity index is 3750. The molecule has 0 bridgehead atoms. The number of hydrogen-bond acceptors (Lipinski definition) is 6. The summed E-state index contributed by atoms with van der Waals surface area (Å²) in [6.45, 7) is 8.36. The maximum Gasteiger partial charge on any atom is 0.494 e. The van der Waals surface area contributed by atoms with E-state index in [1.807, 2.05) is 46.9 Å². The van der Waals surface area contributed by atoms with Crippen LogP contribution in [0.15, 0.2) is 162 Å². The molecule has 1 saturated heterocycles. The van der Waals surface area contributed by atoms with Gasteiger partial charge in [-0.1, -0.05) is 112 Å². The van der Waals surface area contributed by atoms with Crippen molar-refractivity contribution in [3.8, 4) is 11.1 Å². The summed E-state index contributed by atoms with van der Waals surface area (Å²) in [5.41, 5.74) is 2.97. The average Bonchev–Trinajstić information content (AvgIpc) is 4.09. The molecule has 5 heterocycles. The van der Waals surface area contributed by atoms with Gasteiger partial charge in [-0.15, -0.1) is 45.3 Å². The van der Waals surface area contributed by atoms with Crippen LogP contribution in [0, 0.1) is 0 Å². The predicted octanol–water partition coefficient (Wildman–Crippen LogP) is 18.6. The molecule has 0 amide bonds. The van der Waals surface area contributed by atoms with E-state index in [9.17, 15) is 0 Å². The van der Waals surface area contributed by atoms with Crippen LogP contribution in [0.2, 0.25) is 10.0 Å². The van der Waals surface area contributed by atoms with E-state index in [0.717, 1.165) is 20.0 Å². The van der Waals surface area contributed by atoms with E-state index in [1.165, 1.54) is 91.8 Å². The molecule has 0 spiro atoms. The van der Waals surface area contributed by atoms with Crippen LogP contribution in [0.25, 0.3) is 91.8 Å². The number of hydrogen-bond donors (Lipinski definition) is 0. The van der Waals surface area contributed by atoms with Crippen LogP contribution in [-0.4, -0.2) is 18.3 Å². The predicted molar refractivity (Wildman–Crippen MR) is 290 cm³/mol. The molecule has 0 atom stereocenters. The zero-order chi connectivity index (χ0) is 43.9. The molecule has 0 aliphatic carbocycles. The van der Waals surface area contributed by atoms with Gasteiger partial charge in [-0.3, -0.25) is 0 Å². The molecule has 314 valence electrons. The van der Waals surface area contributed by atoms with Gasteiger partial charge in [0.1, 0.15) is 0 Å². The summed E-state index contributed by atoms with van der Waals surface area (Å²) in [5, 5.41) is 11.7. The molecule has 2 nitrogen and oxygen atoms in total. The molecule has 1 aliphatic rings. The highest BCUT2D eigenvalue weighted by atomic mass is 79.9. The van der Waals surface area contributed by atoms with Gasteiger partial charge in [-0.25, -0.2) is 0 Å². The van der Waals surface area contributed by atoms with E-state index in [2.05, 4.69) is 177 Å². The minimum absolute atomic E-state index is 0.298. The highest BCUT2D eigenvalue weighted by molar-refractivity contribution is 9.10. The lowest BCUT2D eigenvalue weighted by molar-refractivity contribution is 0.00578. The molecule has 13 rings (SSSR count). The maximum atomic E-state index is 6.51. The Balaban J connectivity index is 0.000000111. The summed E-state index contributed by atoms with van der Waals surface area (Å²) in [6, 6.07) is 55.8. The topological polar surface area (TPSA) is 18.5 Å². The van der Waals surface area contributed by atoms with Gasteiger partial charge in [0, 0.05) is 89.8 Å². The third-order valence-corrected chi connectivity index (χ3v) is 18.2. The molecule has 1 fully saturated rings. The normalized spacial score (nSPS) is 14.6. The van der Waals surface area contributed by atoms with Gasteiger partial charge in [0.25, 0.3) is 0 Å². The molecule has 4 aromatic heterocycles. The van der Waals surface area contributed by atoms with Crippen LogP contribution in [0.5, 0.6) is 0 Å². The molecule has 8 aromatic carbocycles. The smallest absolute Gasteiger partial charge is 0.399 e. The molecule has 0 saturated carbocycles. The molecule has 0 radical (unpaired) electrons. The van der Waals surface area contributed by atoms with Crippen LogP contribution in [0.3, 0.4) is 0 Å². The lowest BCUT2D eigenvalue weighted by Gasteiger charge is -2.32. The Labute approximate surface area is 405 Å². The van der Waals surface area contributed by atoms with Crippen molar-refractivity contribution in [3.05, 3.63) is 172 Å². The minimum Gasteiger partial charge on any atom is -0.399 e. The van der Waals surface area contributed by atoms with E-state index >= 15 is 0 Å². The van der Waals surface area contributed by atoms with Crippen molar-refractivity contribution in [1.82, 2.24) is 0 Å². The van der Waals surface area contributed by atoms with Crippen LogP contribution in [0.4, 0.5) is 0 Å². The first-order chi connectivity index (χ1) is 30.9. The first-order valence-electron chi connectivity index (χ1n) is 21.0. The lowest BCUT2D eigenvalue weighted by Crippen LogP contribution is -2.41. The maximum absolute atomic E-state index is 6.51. The highest BCUT2D eigenvalue weighted by Gasteiger charge is 2.51. The average molecular weight is 1010 g/mol. The standard InChI is InChI=1S/C24H13ClS2.C18H19BO2S.C12H6BrClS/c25-19-5-3-7-23-24(19)18-13-15(9-11-22(18)27-23)14-8-10-21-17(12-14)16-4-1-2-6-20(16)26-21;1-17(2)18(3,4)21-19(20-17)12-9-10-16-14(11-12)13-7-5-6-8-15(13)22-16;13-7-4-5-10-8(6-7)12-9(14)2-1-3-11(12)15-10/h1-13H;5-11H,1-4H3;1-6H. The van der Waals surface area contributed by atoms with Crippen LogP contribution in [0.1, 0.15) is 27.7 Å². The van der Waals surface area contributed by atoms with Crippen LogP contribution in [-0.2, 0) is 9.31 Å². The fourth-order valence-electron chi connectivity index (χ4n) is 8.49. The SMILES string of the molecule is CC1(C)OB(c2ccc3sc4ccccc4c3c2)OC1(C)C.Clc1cccc2sc3ccc(-c4ccc5sc6ccccc6c5c4)cc3c12.Clc1cccc2sc3ccc(Br)cc3c12. The van der Waals surface area contributed by atoms with E-state index in [1.54, 1.807) is 22.7 Å². The fourth-order valence-corrected chi connectivity index (χ4v) is 13.9. The summed E-state index contributed by atoms with van der Waals surface area (Å²) >= 11 is 23.5. The number of benzene rings is 8. The van der Waals surface area contributed by atoms with E-state index in [-0.39, 0.29) is 18.3 Å². The zero-order valence-electron chi connectivity index (χ0n) is 35.2. The van der Waals surface area contributed by atoms with E-state index in [0.29, 0.717) is 0 Å². The van der Waals surface area contributed by atoms with Crippen molar-refractivity contribution in [1.29, 1.82) is 0 Å². The Hall–Kier alpha value is -4.32. The van der Waals surface area contributed by atoms with Crippen molar-refractivity contribution in [2.45, 2.75) is 38.9 Å². The minimum atomic E-state index is -0.302. The molecule has 10 heteroatoms. The van der Waals surface area contributed by atoms with E-state index < -0.39 is 0 Å². The van der Waals surface area contributed by atoms with Crippen LogP contribution >= 0.6 is 84.5 Å². The highest BCUT2D eigenvalue weighted by Crippen LogP contribution is 2.43. The molecule has 12 aromatic rings. The van der Waals surface area contributed by atoms with Crippen molar-refractivity contribution in [3.63, 3.8) is 0 Å². The Morgan fingerprint density at radius 2 is 0.812 bits per heavy atom. The van der Waals surface area contributed by atoms with Gasteiger partial charge in [-0.2, -0.15) is 0 Å². The third-order valence-electron chi connectivity index (χ3n) is 12.5. The van der Waals surface area contributed by atoms with E-state index in [4.69, 9.17) is 32.5 Å². The Kier molecular flexibility index (Phi) is 10.9. The second-order valence-electron chi connectivity index (χ2n) is 17.0. The van der Waals surface area contributed by atoms with Crippen molar-refractivity contribution in [2.75, 3.05) is 0 Å².